The number of carbonyl (C=O) groups is 2. The highest BCUT2D eigenvalue weighted by molar-refractivity contribution is 6.30. The highest BCUT2D eigenvalue weighted by atomic mass is 35.5. The van der Waals surface area contributed by atoms with Crippen LogP contribution in [0.5, 0.6) is 0 Å². The molecular formula is C19H20ClN3O3. The predicted octanol–water partition coefficient (Wildman–Crippen LogP) is 2.98. The van der Waals surface area contributed by atoms with Crippen molar-refractivity contribution in [3.8, 4) is 0 Å². The van der Waals surface area contributed by atoms with Crippen LogP contribution in [0, 0.1) is 5.41 Å². The summed E-state index contributed by atoms with van der Waals surface area (Å²) in [6.45, 7) is 2.65. The average molecular weight is 374 g/mol. The third kappa shape index (κ3) is 3.33. The van der Waals surface area contributed by atoms with Gasteiger partial charge in [-0.1, -0.05) is 28.9 Å². The zero-order valence-electron chi connectivity index (χ0n) is 14.4. The molecule has 2 aliphatic rings. The van der Waals surface area contributed by atoms with Crippen LogP contribution in [-0.2, 0) is 11.3 Å². The van der Waals surface area contributed by atoms with E-state index in [-0.39, 0.29) is 17.2 Å². The standard InChI is InChI=1S/C19H20ClN3O3/c20-15-3-1-14(2-4-15)12-23-13-19(11-17(23)24)6-8-22(9-7-19)18(25)16-5-10-26-21-16/h1-5,10H,6-9,11-13H2. The zero-order valence-corrected chi connectivity index (χ0v) is 15.1. The Kier molecular flexibility index (Phi) is 4.44. The van der Waals surface area contributed by atoms with E-state index in [1.807, 2.05) is 29.2 Å². The van der Waals surface area contributed by atoms with Crippen molar-refractivity contribution in [3.05, 3.63) is 52.9 Å². The third-order valence-corrected chi connectivity index (χ3v) is 5.71. The van der Waals surface area contributed by atoms with E-state index in [0.717, 1.165) is 24.9 Å². The second kappa shape index (κ2) is 6.76. The van der Waals surface area contributed by atoms with Gasteiger partial charge >= 0.3 is 0 Å². The third-order valence-electron chi connectivity index (χ3n) is 5.46. The Hall–Kier alpha value is -2.34. The number of hydrogen-bond donors (Lipinski definition) is 0. The molecule has 0 aliphatic carbocycles. The van der Waals surface area contributed by atoms with E-state index in [4.69, 9.17) is 16.1 Å². The van der Waals surface area contributed by atoms with Gasteiger partial charge in [0.15, 0.2) is 5.69 Å². The molecule has 26 heavy (non-hydrogen) atoms. The number of halogens is 1. The first-order valence-electron chi connectivity index (χ1n) is 8.77. The maximum atomic E-state index is 12.5. The molecule has 2 fully saturated rings. The maximum absolute atomic E-state index is 12.5. The number of rotatable bonds is 3. The van der Waals surface area contributed by atoms with Crippen LogP contribution >= 0.6 is 11.6 Å². The van der Waals surface area contributed by atoms with Gasteiger partial charge in [-0.25, -0.2) is 0 Å². The Labute approximate surface area is 156 Å². The number of benzene rings is 1. The van der Waals surface area contributed by atoms with Gasteiger partial charge in [0.2, 0.25) is 5.91 Å². The van der Waals surface area contributed by atoms with Crippen LogP contribution in [0.4, 0.5) is 0 Å². The maximum Gasteiger partial charge on any atom is 0.276 e. The van der Waals surface area contributed by atoms with Crippen molar-refractivity contribution in [1.82, 2.24) is 15.0 Å². The van der Waals surface area contributed by atoms with Crippen molar-refractivity contribution in [2.24, 2.45) is 5.41 Å². The van der Waals surface area contributed by atoms with E-state index in [9.17, 15) is 9.59 Å². The number of nitrogens with zero attached hydrogens (tertiary/aromatic N) is 3. The SMILES string of the molecule is O=C1CC2(CCN(C(=O)c3ccon3)CC2)CN1Cc1ccc(Cl)cc1. The summed E-state index contributed by atoms with van der Waals surface area (Å²) in [5.74, 6) is 0.0900. The number of amides is 2. The van der Waals surface area contributed by atoms with Gasteiger partial charge in [0.05, 0.1) is 0 Å². The number of aromatic nitrogens is 1. The van der Waals surface area contributed by atoms with Gasteiger partial charge in [0.25, 0.3) is 5.91 Å². The fourth-order valence-electron chi connectivity index (χ4n) is 3.94. The molecule has 0 saturated carbocycles. The Morgan fingerprint density at radius 1 is 1.19 bits per heavy atom. The highest BCUT2D eigenvalue weighted by Gasteiger charge is 2.45. The van der Waals surface area contributed by atoms with Gasteiger partial charge in [0, 0.05) is 49.1 Å². The van der Waals surface area contributed by atoms with Gasteiger partial charge < -0.3 is 14.3 Å². The summed E-state index contributed by atoms with van der Waals surface area (Å²) in [6.07, 6.45) is 3.63. The van der Waals surface area contributed by atoms with Crippen LogP contribution in [0.1, 0.15) is 35.3 Å². The quantitative estimate of drug-likeness (QED) is 0.829. The largest absolute Gasteiger partial charge is 0.364 e. The molecule has 1 aromatic carbocycles. The second-order valence-corrected chi connectivity index (χ2v) is 7.67. The van der Waals surface area contributed by atoms with Crippen molar-refractivity contribution in [2.75, 3.05) is 19.6 Å². The molecule has 2 aliphatic heterocycles. The van der Waals surface area contributed by atoms with E-state index in [2.05, 4.69) is 5.16 Å². The first-order chi connectivity index (χ1) is 12.5. The molecular weight excluding hydrogens is 354 g/mol. The van der Waals surface area contributed by atoms with Gasteiger partial charge in [0.1, 0.15) is 6.26 Å². The van der Waals surface area contributed by atoms with Gasteiger partial charge in [-0.2, -0.15) is 0 Å². The fraction of sp³-hybridized carbons (Fsp3) is 0.421. The zero-order chi connectivity index (χ0) is 18.1. The Morgan fingerprint density at radius 2 is 1.92 bits per heavy atom. The molecule has 3 heterocycles. The van der Waals surface area contributed by atoms with Crippen molar-refractivity contribution in [2.45, 2.75) is 25.8 Å². The molecule has 0 bridgehead atoms. The number of likely N-dealkylation sites (tertiary alicyclic amines) is 2. The lowest BCUT2D eigenvalue weighted by atomic mass is 9.77. The van der Waals surface area contributed by atoms with Crippen molar-refractivity contribution >= 4 is 23.4 Å². The summed E-state index contributed by atoms with van der Waals surface area (Å²) in [6, 6.07) is 9.20. The fourth-order valence-corrected chi connectivity index (χ4v) is 4.07. The average Bonchev–Trinajstić information content (AvgIpc) is 3.26. The summed E-state index contributed by atoms with van der Waals surface area (Å²) in [4.78, 5) is 28.6. The Balaban J connectivity index is 1.38. The second-order valence-electron chi connectivity index (χ2n) is 7.23. The molecule has 0 radical (unpaired) electrons. The topological polar surface area (TPSA) is 66.7 Å². The van der Waals surface area contributed by atoms with Crippen LogP contribution in [0.15, 0.2) is 41.1 Å². The number of piperidine rings is 1. The summed E-state index contributed by atoms with van der Waals surface area (Å²) in [5.41, 5.74) is 1.40. The van der Waals surface area contributed by atoms with Gasteiger partial charge in [-0.05, 0) is 30.5 Å². The summed E-state index contributed by atoms with van der Waals surface area (Å²) in [7, 11) is 0. The Morgan fingerprint density at radius 3 is 2.58 bits per heavy atom. The van der Waals surface area contributed by atoms with Crippen LogP contribution in [-0.4, -0.2) is 46.4 Å². The molecule has 7 heteroatoms. The van der Waals surface area contributed by atoms with Crippen LogP contribution < -0.4 is 0 Å². The van der Waals surface area contributed by atoms with E-state index in [0.29, 0.717) is 36.8 Å². The minimum atomic E-state index is -0.101. The van der Waals surface area contributed by atoms with Crippen molar-refractivity contribution < 1.29 is 14.1 Å². The van der Waals surface area contributed by atoms with E-state index in [1.54, 1.807) is 11.0 Å². The molecule has 1 aromatic heterocycles. The highest BCUT2D eigenvalue weighted by Crippen LogP contribution is 2.41. The first kappa shape index (κ1) is 17.1. The minimum Gasteiger partial charge on any atom is -0.364 e. The molecule has 0 unspecified atom stereocenters. The monoisotopic (exact) mass is 373 g/mol. The molecule has 136 valence electrons. The first-order valence-corrected chi connectivity index (χ1v) is 9.14. The molecule has 1 spiro atoms. The molecule has 2 saturated heterocycles. The normalized spacial score (nSPS) is 19.3. The lowest BCUT2D eigenvalue weighted by Gasteiger charge is -2.38. The molecule has 4 rings (SSSR count). The number of hydrogen-bond acceptors (Lipinski definition) is 4. The van der Waals surface area contributed by atoms with Crippen molar-refractivity contribution in [3.63, 3.8) is 0 Å². The van der Waals surface area contributed by atoms with Gasteiger partial charge in [-0.3, -0.25) is 9.59 Å². The van der Waals surface area contributed by atoms with Crippen LogP contribution in [0.25, 0.3) is 0 Å². The smallest absolute Gasteiger partial charge is 0.276 e. The molecule has 6 nitrogen and oxygen atoms in total. The van der Waals surface area contributed by atoms with Gasteiger partial charge in [-0.15, -0.1) is 0 Å². The molecule has 0 atom stereocenters. The Bertz CT molecular complexity index is 796. The summed E-state index contributed by atoms with van der Waals surface area (Å²) in [5, 5.41) is 4.42. The minimum absolute atomic E-state index is 0.0237. The van der Waals surface area contributed by atoms with E-state index < -0.39 is 0 Å². The molecule has 2 aromatic rings. The summed E-state index contributed by atoms with van der Waals surface area (Å²) < 4.78 is 4.75. The van der Waals surface area contributed by atoms with Crippen LogP contribution in [0.3, 0.4) is 0 Å². The van der Waals surface area contributed by atoms with E-state index >= 15 is 0 Å². The molecule has 2 amide bonds. The van der Waals surface area contributed by atoms with Crippen LogP contribution in [0.2, 0.25) is 5.02 Å². The van der Waals surface area contributed by atoms with E-state index in [1.165, 1.54) is 6.26 Å². The lowest BCUT2D eigenvalue weighted by Crippen LogP contribution is -2.44. The lowest BCUT2D eigenvalue weighted by molar-refractivity contribution is -0.128. The number of carbonyl (C=O) groups excluding carboxylic acids is 2. The van der Waals surface area contributed by atoms with Crippen molar-refractivity contribution in [1.29, 1.82) is 0 Å². The summed E-state index contributed by atoms with van der Waals surface area (Å²) >= 11 is 5.93. The predicted molar refractivity (Wildman–Crippen MR) is 95.6 cm³/mol. The molecule has 0 N–H and O–H groups in total.